The lowest BCUT2D eigenvalue weighted by atomic mass is 9.41. The maximum absolute atomic E-state index is 14.1. The number of rotatable bonds is 14. The van der Waals surface area contributed by atoms with Crippen LogP contribution in [0.4, 0.5) is 0 Å². The SMILES string of the molecule is CCCCCCC[C@H]1CC[C@H](C2CCC3(CC2)C(=O)C2(CCC([C@H]4CC[C@H](CCCCCCC)CC4)CC2)C3(Cl)Cl)CC1. The second kappa shape index (κ2) is 15.9. The van der Waals surface area contributed by atoms with Gasteiger partial charge in [0.2, 0.25) is 0 Å². The first kappa shape index (κ1) is 34.6. The molecule has 248 valence electrons. The van der Waals surface area contributed by atoms with Crippen molar-refractivity contribution in [2.45, 2.75) is 198 Å². The van der Waals surface area contributed by atoms with Gasteiger partial charge in [0.1, 0.15) is 4.33 Å². The Bertz CT molecular complexity index is 767. The summed E-state index contributed by atoms with van der Waals surface area (Å²) >= 11 is 14.8. The zero-order valence-electron chi connectivity index (χ0n) is 28.4. The van der Waals surface area contributed by atoms with Crippen molar-refractivity contribution in [1.29, 1.82) is 0 Å². The molecule has 0 aromatic heterocycles. The topological polar surface area (TPSA) is 17.1 Å². The van der Waals surface area contributed by atoms with Gasteiger partial charge < -0.3 is 0 Å². The van der Waals surface area contributed by atoms with Crippen LogP contribution in [-0.4, -0.2) is 10.1 Å². The summed E-state index contributed by atoms with van der Waals surface area (Å²) in [4.78, 5) is 14.1. The van der Waals surface area contributed by atoms with Crippen molar-refractivity contribution < 1.29 is 4.79 Å². The molecule has 0 amide bonds. The van der Waals surface area contributed by atoms with Gasteiger partial charge in [-0.15, -0.1) is 0 Å². The summed E-state index contributed by atoms with van der Waals surface area (Å²) in [5.74, 6) is 5.79. The molecular formula is C40H68Cl2O. The fraction of sp³-hybridized carbons (Fsp3) is 0.975. The third-order valence-electron chi connectivity index (χ3n) is 14.4. The molecule has 5 fully saturated rings. The number of alkyl halides is 2. The third-order valence-corrected chi connectivity index (χ3v) is 15.8. The molecule has 0 saturated heterocycles. The first-order valence-electron chi connectivity index (χ1n) is 19.8. The minimum Gasteiger partial charge on any atom is -0.298 e. The second-order valence-corrected chi connectivity index (χ2v) is 18.0. The van der Waals surface area contributed by atoms with Crippen LogP contribution in [0, 0.1) is 46.3 Å². The number of ketones is 1. The first-order valence-corrected chi connectivity index (χ1v) is 20.5. The maximum Gasteiger partial charge on any atom is 0.151 e. The summed E-state index contributed by atoms with van der Waals surface area (Å²) in [5, 5.41) is 0. The summed E-state index contributed by atoms with van der Waals surface area (Å²) in [6.45, 7) is 4.61. The van der Waals surface area contributed by atoms with E-state index in [1.54, 1.807) is 0 Å². The van der Waals surface area contributed by atoms with Gasteiger partial charge in [-0.3, -0.25) is 4.79 Å². The molecule has 0 aliphatic heterocycles. The van der Waals surface area contributed by atoms with Crippen LogP contribution in [0.25, 0.3) is 0 Å². The summed E-state index contributed by atoms with van der Waals surface area (Å²) in [5.41, 5.74) is -0.880. The van der Waals surface area contributed by atoms with Gasteiger partial charge in [0.15, 0.2) is 5.78 Å². The molecule has 5 aliphatic carbocycles. The van der Waals surface area contributed by atoms with Gasteiger partial charge in [-0.1, -0.05) is 140 Å². The number of carbonyl (C=O) groups is 1. The fourth-order valence-electron chi connectivity index (χ4n) is 11.4. The summed E-state index contributed by atoms with van der Waals surface area (Å²) in [6, 6.07) is 0. The average molecular weight is 636 g/mol. The lowest BCUT2D eigenvalue weighted by Crippen LogP contribution is -2.74. The number of halogens is 2. The van der Waals surface area contributed by atoms with Gasteiger partial charge in [-0.25, -0.2) is 0 Å². The van der Waals surface area contributed by atoms with E-state index in [-0.39, 0.29) is 0 Å². The Morgan fingerprint density at radius 2 is 0.814 bits per heavy atom. The lowest BCUT2D eigenvalue weighted by Gasteiger charge is -2.67. The molecule has 3 heteroatoms. The van der Waals surface area contributed by atoms with E-state index >= 15 is 0 Å². The fourth-order valence-corrected chi connectivity index (χ4v) is 12.5. The van der Waals surface area contributed by atoms with Crippen LogP contribution in [0.5, 0.6) is 0 Å². The predicted octanol–water partition coefficient (Wildman–Crippen LogP) is 13.4. The molecule has 0 heterocycles. The van der Waals surface area contributed by atoms with E-state index in [4.69, 9.17) is 23.2 Å². The maximum atomic E-state index is 14.1. The Hall–Kier alpha value is 0.250. The van der Waals surface area contributed by atoms with Crippen LogP contribution in [0.3, 0.4) is 0 Å². The molecule has 2 spiro atoms. The summed E-state index contributed by atoms with van der Waals surface area (Å²) < 4.78 is -0.835. The largest absolute Gasteiger partial charge is 0.298 e. The zero-order chi connectivity index (χ0) is 30.3. The zero-order valence-corrected chi connectivity index (χ0v) is 29.9. The standard InChI is InChI=1S/C40H68Cl2O/c1-3-5-7-9-11-13-31-15-19-33(20-16-31)35-23-27-38(28-24-35)37(43)39(40(38,41)42)29-25-36(26-30-39)34-21-17-32(18-22-34)14-12-10-8-6-4-2/h31-36H,3-30H2,1-2H3/t31-,32-,33-,34-,35?,36?,38?,39?. The van der Waals surface area contributed by atoms with Gasteiger partial charge in [-0.05, 0) is 113 Å². The van der Waals surface area contributed by atoms with E-state index in [0.717, 1.165) is 61.2 Å². The van der Waals surface area contributed by atoms with Crippen molar-refractivity contribution in [2.24, 2.45) is 46.3 Å². The number of hydrogen-bond donors (Lipinski definition) is 0. The van der Waals surface area contributed by atoms with E-state index in [2.05, 4.69) is 13.8 Å². The highest BCUT2D eigenvalue weighted by molar-refractivity contribution is 6.55. The van der Waals surface area contributed by atoms with Crippen LogP contribution >= 0.6 is 23.2 Å². The van der Waals surface area contributed by atoms with E-state index in [1.807, 2.05) is 0 Å². The predicted molar refractivity (Wildman–Crippen MR) is 186 cm³/mol. The normalized spacial score (nSPS) is 39.7. The van der Waals surface area contributed by atoms with E-state index in [9.17, 15) is 4.79 Å². The Morgan fingerprint density at radius 3 is 1.14 bits per heavy atom. The molecule has 5 aliphatic rings. The van der Waals surface area contributed by atoms with Gasteiger partial charge in [-0.2, -0.15) is 0 Å². The summed E-state index contributed by atoms with van der Waals surface area (Å²) in [7, 11) is 0. The Kier molecular flexibility index (Phi) is 12.8. The van der Waals surface area contributed by atoms with Crippen molar-refractivity contribution >= 4 is 29.0 Å². The van der Waals surface area contributed by atoms with Crippen LogP contribution < -0.4 is 0 Å². The molecule has 0 unspecified atom stereocenters. The second-order valence-electron chi connectivity index (χ2n) is 16.7. The van der Waals surface area contributed by atoms with Crippen molar-refractivity contribution in [3.8, 4) is 0 Å². The van der Waals surface area contributed by atoms with Crippen molar-refractivity contribution in [2.75, 3.05) is 0 Å². The van der Waals surface area contributed by atoms with Crippen molar-refractivity contribution in [1.82, 2.24) is 0 Å². The van der Waals surface area contributed by atoms with Crippen LogP contribution in [-0.2, 0) is 4.79 Å². The van der Waals surface area contributed by atoms with Crippen LogP contribution in [0.2, 0.25) is 0 Å². The van der Waals surface area contributed by atoms with Crippen molar-refractivity contribution in [3.63, 3.8) is 0 Å². The van der Waals surface area contributed by atoms with Gasteiger partial charge in [0.05, 0.1) is 10.8 Å². The quantitative estimate of drug-likeness (QED) is 0.137. The molecule has 0 N–H and O–H groups in total. The third kappa shape index (κ3) is 7.39. The highest BCUT2D eigenvalue weighted by Gasteiger charge is 2.79. The molecule has 1 nitrogen and oxygen atoms in total. The Balaban J connectivity index is 1.02. The summed E-state index contributed by atoms with van der Waals surface area (Å²) in [6.07, 6.45) is 37.0. The lowest BCUT2D eigenvalue weighted by molar-refractivity contribution is -0.173. The minimum absolute atomic E-state index is 0.440. The highest BCUT2D eigenvalue weighted by atomic mass is 35.5. The molecule has 5 rings (SSSR count). The molecule has 0 bridgehead atoms. The number of carbonyl (C=O) groups excluding carboxylic acids is 1. The first-order chi connectivity index (χ1) is 20.9. The van der Waals surface area contributed by atoms with Crippen molar-refractivity contribution in [3.05, 3.63) is 0 Å². The highest BCUT2D eigenvalue weighted by Crippen LogP contribution is 2.75. The monoisotopic (exact) mass is 634 g/mol. The number of Topliss-reactive ketones (excluding diaryl/α,β-unsaturated/α-hetero) is 1. The average Bonchev–Trinajstić information content (AvgIpc) is 3.05. The number of unbranched alkanes of at least 4 members (excludes halogenated alkanes) is 8. The molecular weight excluding hydrogens is 567 g/mol. The number of hydrogen-bond acceptors (Lipinski definition) is 1. The molecule has 0 radical (unpaired) electrons. The van der Waals surface area contributed by atoms with E-state index in [1.165, 1.54) is 154 Å². The molecule has 0 atom stereocenters. The molecule has 0 aromatic rings. The minimum atomic E-state index is -0.835. The molecule has 43 heavy (non-hydrogen) atoms. The van der Waals surface area contributed by atoms with Crippen LogP contribution in [0.1, 0.15) is 194 Å². The van der Waals surface area contributed by atoms with Gasteiger partial charge in [0.25, 0.3) is 0 Å². The Morgan fingerprint density at radius 1 is 0.488 bits per heavy atom. The van der Waals surface area contributed by atoms with Gasteiger partial charge >= 0.3 is 0 Å². The van der Waals surface area contributed by atoms with Gasteiger partial charge in [0, 0.05) is 0 Å². The van der Waals surface area contributed by atoms with Crippen LogP contribution in [0.15, 0.2) is 0 Å². The smallest absolute Gasteiger partial charge is 0.151 e. The molecule has 5 saturated carbocycles. The van der Waals surface area contributed by atoms with E-state index in [0.29, 0.717) is 5.78 Å². The van der Waals surface area contributed by atoms with E-state index < -0.39 is 15.2 Å². The Labute approximate surface area is 277 Å². The molecule has 0 aromatic carbocycles.